The summed E-state index contributed by atoms with van der Waals surface area (Å²) in [6.45, 7) is 2.17. The second-order valence-electron chi connectivity index (χ2n) is 5.63. The molecule has 7 heteroatoms. The van der Waals surface area contributed by atoms with Gasteiger partial charge >= 0.3 is 0 Å². The third-order valence-electron chi connectivity index (χ3n) is 3.78. The molecule has 0 atom stereocenters. The number of hydrogen-bond acceptors (Lipinski definition) is 5. The number of carbonyl (C=O) groups excluding carboxylic acids is 1. The summed E-state index contributed by atoms with van der Waals surface area (Å²) in [5, 5.41) is 3.20. The molecule has 0 unspecified atom stereocenters. The molecule has 2 aromatic carbocycles. The van der Waals surface area contributed by atoms with Gasteiger partial charge in [0, 0.05) is 12.5 Å². The summed E-state index contributed by atoms with van der Waals surface area (Å²) in [4.78, 5) is 30.4. The fourth-order valence-electron chi connectivity index (χ4n) is 2.55. The molecule has 7 nitrogen and oxygen atoms in total. The van der Waals surface area contributed by atoms with E-state index in [0.717, 1.165) is 0 Å². The number of amides is 1. The Morgan fingerprint density at radius 2 is 2.00 bits per heavy atom. The smallest absolute Gasteiger partial charge is 0.259 e. The van der Waals surface area contributed by atoms with Crippen LogP contribution in [-0.4, -0.2) is 36.1 Å². The van der Waals surface area contributed by atoms with Crippen LogP contribution in [-0.2, 0) is 4.79 Å². The Morgan fingerprint density at radius 1 is 1.19 bits per heavy atom. The Morgan fingerprint density at radius 3 is 2.77 bits per heavy atom. The minimum absolute atomic E-state index is 0.109. The normalized spacial score (nSPS) is 10.5. The lowest BCUT2D eigenvalue weighted by Crippen LogP contribution is -2.25. The first-order valence-electron chi connectivity index (χ1n) is 8.13. The predicted molar refractivity (Wildman–Crippen MR) is 98.5 cm³/mol. The monoisotopic (exact) mass is 353 g/mol. The summed E-state index contributed by atoms with van der Waals surface area (Å²) < 4.78 is 11.0. The van der Waals surface area contributed by atoms with Gasteiger partial charge in [-0.1, -0.05) is 12.1 Å². The Kier molecular flexibility index (Phi) is 5.17. The van der Waals surface area contributed by atoms with Gasteiger partial charge in [0.15, 0.2) is 11.5 Å². The zero-order valence-corrected chi connectivity index (χ0v) is 14.5. The number of nitrogens with zero attached hydrogens (tertiary/aromatic N) is 1. The van der Waals surface area contributed by atoms with Crippen LogP contribution in [0.5, 0.6) is 11.5 Å². The van der Waals surface area contributed by atoms with Crippen molar-refractivity contribution in [2.45, 2.75) is 6.92 Å². The van der Waals surface area contributed by atoms with Crippen molar-refractivity contribution in [1.82, 2.24) is 15.3 Å². The quantitative estimate of drug-likeness (QED) is 0.662. The molecule has 3 rings (SSSR count). The van der Waals surface area contributed by atoms with Gasteiger partial charge in [-0.25, -0.2) is 4.98 Å². The van der Waals surface area contributed by atoms with Crippen molar-refractivity contribution in [2.24, 2.45) is 0 Å². The van der Waals surface area contributed by atoms with E-state index in [0.29, 0.717) is 46.9 Å². The Bertz CT molecular complexity index is 997. The van der Waals surface area contributed by atoms with E-state index < -0.39 is 0 Å². The van der Waals surface area contributed by atoms with Gasteiger partial charge in [-0.2, -0.15) is 0 Å². The molecule has 0 spiro atoms. The molecule has 0 radical (unpaired) electrons. The molecule has 2 N–H and O–H groups in total. The highest BCUT2D eigenvalue weighted by molar-refractivity contribution is 5.79. The first-order chi connectivity index (χ1) is 12.6. The molecule has 0 aliphatic heterocycles. The van der Waals surface area contributed by atoms with Gasteiger partial charge in [0.2, 0.25) is 5.91 Å². The summed E-state index contributed by atoms with van der Waals surface area (Å²) in [7, 11) is 1.54. The molecule has 134 valence electrons. The van der Waals surface area contributed by atoms with E-state index in [-0.39, 0.29) is 11.5 Å². The van der Waals surface area contributed by atoms with Gasteiger partial charge in [-0.15, -0.1) is 0 Å². The minimum Gasteiger partial charge on any atom is -0.493 e. The molecule has 0 aliphatic carbocycles. The van der Waals surface area contributed by atoms with Crippen LogP contribution in [0.25, 0.3) is 22.3 Å². The Hall–Kier alpha value is -3.35. The molecule has 1 heterocycles. The van der Waals surface area contributed by atoms with Crippen LogP contribution < -0.4 is 20.3 Å². The predicted octanol–water partition coefficient (Wildman–Crippen LogP) is 2.11. The lowest BCUT2D eigenvalue weighted by molar-refractivity contribution is -0.119. The lowest BCUT2D eigenvalue weighted by Gasteiger charge is -2.12. The molecule has 0 bridgehead atoms. The maximum atomic E-state index is 12.2. The van der Waals surface area contributed by atoms with Crippen molar-refractivity contribution in [3.8, 4) is 22.9 Å². The number of hydrogen-bond donors (Lipinski definition) is 2. The fraction of sp³-hybridized carbons (Fsp3) is 0.211. The van der Waals surface area contributed by atoms with Crippen LogP contribution in [0.4, 0.5) is 0 Å². The number of H-pyrrole nitrogens is 1. The number of methoxy groups -OCH3 is 1. The number of aromatic nitrogens is 2. The number of para-hydroxylation sites is 1. The van der Waals surface area contributed by atoms with Crippen LogP contribution in [0.3, 0.4) is 0 Å². The fourth-order valence-corrected chi connectivity index (χ4v) is 2.55. The molecule has 0 aliphatic rings. The van der Waals surface area contributed by atoms with E-state index in [4.69, 9.17) is 9.47 Å². The molecule has 26 heavy (non-hydrogen) atoms. The standard InChI is InChI=1S/C19H19N3O4/c1-12(23)20-9-10-26-16-8-7-13(11-17(16)25-2)18-21-15-6-4-3-5-14(15)19(24)22-18/h3-8,11H,9-10H2,1-2H3,(H,20,23)(H,21,22,24). The number of aromatic amines is 1. The van der Waals surface area contributed by atoms with E-state index in [9.17, 15) is 9.59 Å². The van der Waals surface area contributed by atoms with Crippen molar-refractivity contribution in [1.29, 1.82) is 0 Å². The first-order valence-corrected chi connectivity index (χ1v) is 8.13. The lowest BCUT2D eigenvalue weighted by atomic mass is 10.1. The van der Waals surface area contributed by atoms with Crippen LogP contribution in [0.1, 0.15) is 6.92 Å². The van der Waals surface area contributed by atoms with Gasteiger partial charge in [0.05, 0.1) is 24.6 Å². The number of ether oxygens (including phenoxy) is 2. The number of rotatable bonds is 6. The summed E-state index contributed by atoms with van der Waals surface area (Å²) in [5.74, 6) is 1.41. The topological polar surface area (TPSA) is 93.3 Å². The number of nitrogens with one attached hydrogen (secondary N) is 2. The van der Waals surface area contributed by atoms with Gasteiger partial charge in [0.25, 0.3) is 5.56 Å². The van der Waals surface area contributed by atoms with Crippen LogP contribution in [0.15, 0.2) is 47.3 Å². The molecule has 1 amide bonds. The largest absolute Gasteiger partial charge is 0.493 e. The van der Waals surface area contributed by atoms with Crippen molar-refractivity contribution in [3.63, 3.8) is 0 Å². The van der Waals surface area contributed by atoms with Crippen molar-refractivity contribution < 1.29 is 14.3 Å². The molecule has 3 aromatic rings. The number of benzene rings is 2. The van der Waals surface area contributed by atoms with E-state index in [1.54, 1.807) is 36.4 Å². The highest BCUT2D eigenvalue weighted by Crippen LogP contribution is 2.31. The van der Waals surface area contributed by atoms with Crippen molar-refractivity contribution >= 4 is 16.8 Å². The van der Waals surface area contributed by atoms with E-state index in [1.165, 1.54) is 14.0 Å². The van der Waals surface area contributed by atoms with Crippen LogP contribution >= 0.6 is 0 Å². The number of fused-ring (bicyclic) bond motifs is 1. The maximum absolute atomic E-state index is 12.2. The summed E-state index contributed by atoms with van der Waals surface area (Å²) in [5.41, 5.74) is 1.14. The Labute approximate surface area is 150 Å². The summed E-state index contributed by atoms with van der Waals surface area (Å²) >= 11 is 0. The van der Waals surface area contributed by atoms with Gasteiger partial charge in [-0.3, -0.25) is 9.59 Å². The number of carbonyl (C=O) groups is 1. The average Bonchev–Trinajstić information content (AvgIpc) is 2.65. The second-order valence-corrected chi connectivity index (χ2v) is 5.63. The summed E-state index contributed by atoms with van der Waals surface area (Å²) in [6, 6.07) is 12.5. The molecule has 0 fully saturated rings. The van der Waals surface area contributed by atoms with Gasteiger partial charge in [-0.05, 0) is 30.3 Å². The minimum atomic E-state index is -0.194. The van der Waals surface area contributed by atoms with E-state index in [2.05, 4.69) is 15.3 Å². The zero-order chi connectivity index (χ0) is 18.5. The third-order valence-corrected chi connectivity index (χ3v) is 3.78. The third kappa shape index (κ3) is 3.83. The SMILES string of the molecule is COc1cc(-c2nc3ccccc3c(=O)[nH]2)ccc1OCCNC(C)=O. The average molecular weight is 353 g/mol. The Balaban J connectivity index is 1.87. The molecular weight excluding hydrogens is 334 g/mol. The first kappa shape index (κ1) is 17.5. The van der Waals surface area contributed by atoms with Crippen LogP contribution in [0, 0.1) is 0 Å². The highest BCUT2D eigenvalue weighted by atomic mass is 16.5. The van der Waals surface area contributed by atoms with Gasteiger partial charge in [0.1, 0.15) is 12.4 Å². The van der Waals surface area contributed by atoms with E-state index in [1.807, 2.05) is 6.07 Å². The van der Waals surface area contributed by atoms with Crippen molar-refractivity contribution in [2.75, 3.05) is 20.3 Å². The van der Waals surface area contributed by atoms with E-state index >= 15 is 0 Å². The highest BCUT2D eigenvalue weighted by Gasteiger charge is 2.10. The second kappa shape index (κ2) is 7.69. The summed E-state index contributed by atoms with van der Waals surface area (Å²) in [6.07, 6.45) is 0. The maximum Gasteiger partial charge on any atom is 0.259 e. The molecule has 1 aromatic heterocycles. The molecular formula is C19H19N3O4. The van der Waals surface area contributed by atoms with Crippen molar-refractivity contribution in [3.05, 3.63) is 52.8 Å². The zero-order valence-electron chi connectivity index (χ0n) is 14.5. The van der Waals surface area contributed by atoms with Gasteiger partial charge < -0.3 is 19.8 Å². The molecule has 0 saturated carbocycles. The molecule has 0 saturated heterocycles. The van der Waals surface area contributed by atoms with Crippen LogP contribution in [0.2, 0.25) is 0 Å².